The standard InChI is InChI=1S/C13H12N6O/c14-13(20)11-4-3-10(17-11)12-6-7-5-8(18-19-15)1-2-9(7)16-12/h1-2,5,11H,3-4,6H2,(H2,14,20). The summed E-state index contributed by atoms with van der Waals surface area (Å²) in [7, 11) is 0. The topological polar surface area (TPSA) is 117 Å². The van der Waals surface area contributed by atoms with Crippen LogP contribution in [0.5, 0.6) is 0 Å². The summed E-state index contributed by atoms with van der Waals surface area (Å²) in [5, 5.41) is 3.58. The molecule has 3 rings (SSSR count). The highest BCUT2D eigenvalue weighted by Gasteiger charge is 2.27. The number of nitrogens with two attached hydrogens (primary N) is 1. The van der Waals surface area contributed by atoms with Crippen LogP contribution in [0.3, 0.4) is 0 Å². The number of carbonyl (C=O) groups is 1. The molecular formula is C13H12N6O. The molecule has 0 spiro atoms. The molecule has 2 N–H and O–H groups in total. The number of azide groups is 1. The molecule has 0 aliphatic carbocycles. The average Bonchev–Trinajstić information content (AvgIpc) is 3.05. The highest BCUT2D eigenvalue weighted by atomic mass is 16.1. The van der Waals surface area contributed by atoms with Gasteiger partial charge in [0.15, 0.2) is 0 Å². The molecule has 100 valence electrons. The fourth-order valence-electron chi connectivity index (χ4n) is 2.48. The summed E-state index contributed by atoms with van der Waals surface area (Å²) in [5.41, 5.74) is 17.9. The summed E-state index contributed by atoms with van der Waals surface area (Å²) < 4.78 is 0. The van der Waals surface area contributed by atoms with Crippen LogP contribution in [0.15, 0.2) is 33.3 Å². The van der Waals surface area contributed by atoms with Gasteiger partial charge in [0.25, 0.3) is 0 Å². The second-order valence-corrected chi connectivity index (χ2v) is 4.77. The SMILES string of the molecule is [N-]=[N+]=Nc1ccc2c(c1)CC(C1=NC(C(N)=O)CC1)=N2. The summed E-state index contributed by atoms with van der Waals surface area (Å²) in [6.07, 6.45) is 2.03. The van der Waals surface area contributed by atoms with Crippen molar-refractivity contribution in [1.82, 2.24) is 0 Å². The van der Waals surface area contributed by atoms with Gasteiger partial charge in [-0.2, -0.15) is 0 Å². The van der Waals surface area contributed by atoms with Crippen LogP contribution in [0, 0.1) is 0 Å². The number of carbonyl (C=O) groups excluding carboxylic acids is 1. The van der Waals surface area contributed by atoms with Crippen molar-refractivity contribution in [2.45, 2.75) is 25.3 Å². The molecule has 0 fully saturated rings. The number of amides is 1. The normalized spacial score (nSPS) is 19.9. The van der Waals surface area contributed by atoms with Crippen molar-refractivity contribution in [3.63, 3.8) is 0 Å². The Morgan fingerprint density at radius 3 is 3.00 bits per heavy atom. The number of rotatable bonds is 3. The number of nitrogens with zero attached hydrogens (tertiary/aromatic N) is 5. The minimum absolute atomic E-state index is 0.387. The quantitative estimate of drug-likeness (QED) is 0.505. The van der Waals surface area contributed by atoms with Crippen LogP contribution in [-0.4, -0.2) is 23.4 Å². The molecule has 0 aromatic heterocycles. The first-order valence-electron chi connectivity index (χ1n) is 6.29. The van der Waals surface area contributed by atoms with Crippen molar-refractivity contribution in [2.24, 2.45) is 20.8 Å². The summed E-state index contributed by atoms with van der Waals surface area (Å²) in [6, 6.07) is 4.96. The zero-order valence-electron chi connectivity index (χ0n) is 10.7. The first-order valence-corrected chi connectivity index (χ1v) is 6.29. The highest BCUT2D eigenvalue weighted by Crippen LogP contribution is 2.32. The Bertz CT molecular complexity index is 699. The molecule has 0 saturated heterocycles. The van der Waals surface area contributed by atoms with E-state index in [-0.39, 0.29) is 5.91 Å². The fourth-order valence-corrected chi connectivity index (χ4v) is 2.48. The lowest BCUT2D eigenvalue weighted by Crippen LogP contribution is -2.24. The molecule has 7 nitrogen and oxygen atoms in total. The molecule has 1 amide bonds. The number of fused-ring (bicyclic) bond motifs is 1. The van der Waals surface area contributed by atoms with Crippen molar-refractivity contribution in [1.29, 1.82) is 0 Å². The molecule has 2 aliphatic rings. The van der Waals surface area contributed by atoms with Crippen molar-refractivity contribution >= 4 is 28.7 Å². The van der Waals surface area contributed by atoms with Crippen LogP contribution in [0.1, 0.15) is 18.4 Å². The van der Waals surface area contributed by atoms with Crippen molar-refractivity contribution in [2.75, 3.05) is 0 Å². The van der Waals surface area contributed by atoms with E-state index in [2.05, 4.69) is 20.0 Å². The summed E-state index contributed by atoms with van der Waals surface area (Å²) in [4.78, 5) is 22.8. The van der Waals surface area contributed by atoms with E-state index in [1.807, 2.05) is 12.1 Å². The van der Waals surface area contributed by atoms with Gasteiger partial charge >= 0.3 is 0 Å². The second-order valence-electron chi connectivity index (χ2n) is 4.77. The van der Waals surface area contributed by atoms with Gasteiger partial charge in [-0.15, -0.1) is 0 Å². The summed E-state index contributed by atoms with van der Waals surface area (Å²) >= 11 is 0. The summed E-state index contributed by atoms with van der Waals surface area (Å²) in [6.45, 7) is 0. The molecule has 20 heavy (non-hydrogen) atoms. The van der Waals surface area contributed by atoms with E-state index >= 15 is 0 Å². The van der Waals surface area contributed by atoms with E-state index in [1.165, 1.54) is 0 Å². The second kappa shape index (κ2) is 4.79. The fraction of sp³-hybridized carbons (Fsp3) is 0.308. The van der Waals surface area contributed by atoms with Gasteiger partial charge in [0, 0.05) is 17.0 Å². The number of aliphatic imine (C=N–C) groups is 2. The largest absolute Gasteiger partial charge is 0.368 e. The number of hydrogen-bond donors (Lipinski definition) is 1. The Morgan fingerprint density at radius 1 is 1.45 bits per heavy atom. The lowest BCUT2D eigenvalue weighted by atomic mass is 10.0. The predicted octanol–water partition coefficient (Wildman–Crippen LogP) is 2.35. The minimum atomic E-state index is -0.421. The van der Waals surface area contributed by atoms with Crippen LogP contribution < -0.4 is 5.73 Å². The van der Waals surface area contributed by atoms with E-state index in [9.17, 15) is 4.79 Å². The summed E-state index contributed by atoms with van der Waals surface area (Å²) in [5.74, 6) is -0.387. The molecule has 1 unspecified atom stereocenters. The molecule has 2 heterocycles. The minimum Gasteiger partial charge on any atom is -0.368 e. The van der Waals surface area contributed by atoms with E-state index in [0.29, 0.717) is 18.5 Å². The van der Waals surface area contributed by atoms with E-state index in [4.69, 9.17) is 11.3 Å². The Balaban J connectivity index is 1.85. The monoisotopic (exact) mass is 268 g/mol. The third kappa shape index (κ3) is 2.15. The Labute approximate surface area is 114 Å². The van der Waals surface area contributed by atoms with Crippen LogP contribution in [0.25, 0.3) is 10.4 Å². The van der Waals surface area contributed by atoms with Crippen LogP contribution in [0.2, 0.25) is 0 Å². The van der Waals surface area contributed by atoms with E-state index < -0.39 is 6.04 Å². The molecule has 1 atom stereocenters. The highest BCUT2D eigenvalue weighted by molar-refractivity contribution is 6.44. The van der Waals surface area contributed by atoms with Crippen LogP contribution >= 0.6 is 0 Å². The van der Waals surface area contributed by atoms with Gasteiger partial charge in [0.2, 0.25) is 5.91 Å². The zero-order chi connectivity index (χ0) is 14.1. The van der Waals surface area contributed by atoms with Gasteiger partial charge in [-0.3, -0.25) is 14.8 Å². The maximum Gasteiger partial charge on any atom is 0.242 e. The smallest absolute Gasteiger partial charge is 0.242 e. The predicted molar refractivity (Wildman–Crippen MR) is 75.7 cm³/mol. The Kier molecular flexibility index (Phi) is 2.96. The maximum absolute atomic E-state index is 11.1. The molecule has 0 saturated carbocycles. The molecule has 0 bridgehead atoms. The van der Waals surface area contributed by atoms with Gasteiger partial charge in [-0.05, 0) is 36.1 Å². The third-order valence-electron chi connectivity index (χ3n) is 3.46. The molecule has 2 aliphatic heterocycles. The molecule has 1 aromatic carbocycles. The van der Waals surface area contributed by atoms with Gasteiger partial charge in [0.1, 0.15) is 6.04 Å². The van der Waals surface area contributed by atoms with Crippen LogP contribution in [-0.2, 0) is 11.2 Å². The average molecular weight is 268 g/mol. The van der Waals surface area contributed by atoms with Crippen molar-refractivity contribution in [3.8, 4) is 0 Å². The molecule has 7 heteroatoms. The van der Waals surface area contributed by atoms with E-state index in [0.717, 1.165) is 29.1 Å². The Morgan fingerprint density at radius 2 is 2.30 bits per heavy atom. The zero-order valence-corrected chi connectivity index (χ0v) is 10.7. The van der Waals surface area contributed by atoms with Gasteiger partial charge in [-0.1, -0.05) is 11.2 Å². The van der Waals surface area contributed by atoms with Gasteiger partial charge in [0.05, 0.1) is 17.1 Å². The van der Waals surface area contributed by atoms with Gasteiger partial charge in [-0.25, -0.2) is 0 Å². The van der Waals surface area contributed by atoms with Crippen molar-refractivity contribution in [3.05, 3.63) is 34.2 Å². The maximum atomic E-state index is 11.1. The van der Waals surface area contributed by atoms with E-state index in [1.54, 1.807) is 6.07 Å². The lowest BCUT2D eigenvalue weighted by molar-refractivity contribution is -0.119. The molecular weight excluding hydrogens is 256 g/mol. The molecule has 0 radical (unpaired) electrons. The third-order valence-corrected chi connectivity index (χ3v) is 3.46. The Hall–Kier alpha value is -2.66. The van der Waals surface area contributed by atoms with Crippen molar-refractivity contribution < 1.29 is 4.79 Å². The van der Waals surface area contributed by atoms with Gasteiger partial charge < -0.3 is 5.73 Å². The first-order chi connectivity index (χ1) is 9.67. The lowest BCUT2D eigenvalue weighted by Gasteiger charge is -1.99. The molecule has 1 aromatic rings. The number of hydrogen-bond acceptors (Lipinski definition) is 4. The first kappa shape index (κ1) is 12.4. The number of primary amides is 1. The van der Waals surface area contributed by atoms with Crippen LogP contribution in [0.4, 0.5) is 11.4 Å². The number of benzene rings is 1.